The van der Waals surface area contributed by atoms with Gasteiger partial charge in [-0.3, -0.25) is 4.68 Å². The highest BCUT2D eigenvalue weighted by atomic mass is 127. The number of carbonyl (C=O) groups is 1. The van der Waals surface area contributed by atoms with Gasteiger partial charge in [-0.05, 0) is 35.1 Å². The molecule has 0 amide bonds. The fraction of sp³-hybridized carbons (Fsp3) is 0.250. The zero-order chi connectivity index (χ0) is 9.84. The molecular weight excluding hydrogens is 283 g/mol. The van der Waals surface area contributed by atoms with Crippen molar-refractivity contribution in [2.45, 2.75) is 13.5 Å². The summed E-state index contributed by atoms with van der Waals surface area (Å²) < 4.78 is 2.75. The van der Waals surface area contributed by atoms with E-state index in [1.807, 2.05) is 6.20 Å². The maximum absolute atomic E-state index is 10.3. The lowest BCUT2D eigenvalue weighted by molar-refractivity contribution is -0.131. The van der Waals surface area contributed by atoms with E-state index in [1.54, 1.807) is 17.8 Å². The van der Waals surface area contributed by atoms with Crippen molar-refractivity contribution in [1.29, 1.82) is 0 Å². The number of aromatic nitrogens is 2. The summed E-state index contributed by atoms with van der Waals surface area (Å²) >= 11 is 2.15. The van der Waals surface area contributed by atoms with E-state index in [2.05, 4.69) is 27.7 Å². The normalized spacial score (nSPS) is 11.7. The number of nitrogens with zero attached hydrogens (tertiary/aromatic N) is 2. The number of halogens is 1. The van der Waals surface area contributed by atoms with Crippen LogP contribution < -0.4 is 0 Å². The van der Waals surface area contributed by atoms with Crippen molar-refractivity contribution >= 4 is 28.6 Å². The molecule has 13 heavy (non-hydrogen) atoms. The molecule has 0 radical (unpaired) electrons. The van der Waals surface area contributed by atoms with Crippen molar-refractivity contribution < 1.29 is 9.90 Å². The number of carboxylic acids is 1. The molecule has 1 aromatic rings. The van der Waals surface area contributed by atoms with E-state index in [0.717, 1.165) is 9.14 Å². The molecule has 0 aromatic carbocycles. The van der Waals surface area contributed by atoms with E-state index in [1.165, 1.54) is 6.08 Å². The highest BCUT2D eigenvalue weighted by Crippen LogP contribution is 2.03. The minimum atomic E-state index is -0.917. The molecule has 1 aromatic heterocycles. The lowest BCUT2D eigenvalue weighted by Crippen LogP contribution is -2.01. The Hall–Kier alpha value is -0.850. The molecule has 1 rings (SSSR count). The zero-order valence-electron chi connectivity index (χ0n) is 7.07. The smallest absolute Gasteiger partial charge is 0.328 e. The molecule has 0 saturated heterocycles. The van der Waals surface area contributed by atoms with Gasteiger partial charge in [-0.1, -0.05) is 0 Å². The first-order valence-electron chi connectivity index (χ1n) is 3.66. The Morgan fingerprint density at radius 2 is 2.54 bits per heavy atom. The van der Waals surface area contributed by atoms with Gasteiger partial charge in [0.2, 0.25) is 0 Å². The third kappa shape index (κ3) is 3.58. The summed E-state index contributed by atoms with van der Waals surface area (Å²) in [5.41, 5.74) is 0.770. The van der Waals surface area contributed by atoms with Crippen LogP contribution in [0.3, 0.4) is 0 Å². The topological polar surface area (TPSA) is 55.1 Å². The molecular formula is C8H9IN2O2. The van der Waals surface area contributed by atoms with E-state index in [4.69, 9.17) is 5.11 Å². The molecule has 1 heterocycles. The number of carboxylic acid groups (broad SMARTS) is 1. The molecule has 0 unspecified atom stereocenters. The van der Waals surface area contributed by atoms with Gasteiger partial charge < -0.3 is 5.11 Å². The number of aliphatic carboxylic acids is 1. The molecule has 0 bridgehead atoms. The average molecular weight is 292 g/mol. The summed E-state index contributed by atoms with van der Waals surface area (Å²) in [4.78, 5) is 10.3. The monoisotopic (exact) mass is 292 g/mol. The van der Waals surface area contributed by atoms with Gasteiger partial charge in [0.25, 0.3) is 0 Å². The van der Waals surface area contributed by atoms with Gasteiger partial charge in [0.15, 0.2) is 0 Å². The Bertz CT molecular complexity index is 344. The summed E-state index contributed by atoms with van der Waals surface area (Å²) in [5.74, 6) is -0.917. The number of hydrogen-bond acceptors (Lipinski definition) is 2. The van der Waals surface area contributed by atoms with E-state index >= 15 is 0 Å². The Morgan fingerprint density at radius 1 is 1.85 bits per heavy atom. The summed E-state index contributed by atoms with van der Waals surface area (Å²) in [6.07, 6.45) is 4.78. The zero-order valence-corrected chi connectivity index (χ0v) is 9.22. The largest absolute Gasteiger partial charge is 0.478 e. The van der Waals surface area contributed by atoms with Crippen LogP contribution in [0, 0.1) is 3.57 Å². The van der Waals surface area contributed by atoms with Crippen LogP contribution in [-0.2, 0) is 11.3 Å². The molecule has 5 heteroatoms. The highest BCUT2D eigenvalue weighted by molar-refractivity contribution is 14.1. The quantitative estimate of drug-likeness (QED) is 0.679. The van der Waals surface area contributed by atoms with Crippen LogP contribution in [0.5, 0.6) is 0 Å². The molecule has 4 nitrogen and oxygen atoms in total. The van der Waals surface area contributed by atoms with Gasteiger partial charge in [0.05, 0.1) is 16.3 Å². The summed E-state index contributed by atoms with van der Waals surface area (Å²) in [6, 6.07) is 0. The Balaban J connectivity index is 2.64. The first-order valence-corrected chi connectivity index (χ1v) is 4.74. The summed E-state index contributed by atoms with van der Waals surface area (Å²) in [5, 5.41) is 12.5. The third-order valence-electron chi connectivity index (χ3n) is 1.38. The Morgan fingerprint density at radius 3 is 3.00 bits per heavy atom. The SMILES string of the molecule is CC(=CC(=O)O)Cn1cc(I)cn1. The molecule has 0 saturated carbocycles. The minimum absolute atomic E-state index is 0.523. The van der Waals surface area contributed by atoms with Gasteiger partial charge in [0.1, 0.15) is 0 Å². The van der Waals surface area contributed by atoms with E-state index in [9.17, 15) is 4.79 Å². The summed E-state index contributed by atoms with van der Waals surface area (Å²) in [6.45, 7) is 2.29. The highest BCUT2D eigenvalue weighted by Gasteiger charge is 1.97. The van der Waals surface area contributed by atoms with Crippen molar-refractivity contribution in [3.8, 4) is 0 Å². The predicted molar refractivity (Wildman–Crippen MR) is 56.3 cm³/mol. The molecule has 0 aliphatic heterocycles. The minimum Gasteiger partial charge on any atom is -0.478 e. The van der Waals surface area contributed by atoms with Crippen LogP contribution in [0.1, 0.15) is 6.92 Å². The number of hydrogen-bond donors (Lipinski definition) is 1. The van der Waals surface area contributed by atoms with E-state index < -0.39 is 5.97 Å². The second-order valence-corrected chi connectivity index (χ2v) is 3.93. The third-order valence-corrected chi connectivity index (χ3v) is 1.94. The Labute approximate surface area is 89.4 Å². The predicted octanol–water partition coefficient (Wildman–Crippen LogP) is 1.52. The van der Waals surface area contributed by atoms with Crippen molar-refractivity contribution in [3.05, 3.63) is 27.6 Å². The van der Waals surface area contributed by atoms with Crippen molar-refractivity contribution in [1.82, 2.24) is 9.78 Å². The lowest BCUT2D eigenvalue weighted by Gasteiger charge is -1.99. The number of allylic oxidation sites excluding steroid dienone is 1. The van der Waals surface area contributed by atoms with Crippen molar-refractivity contribution in [3.63, 3.8) is 0 Å². The van der Waals surface area contributed by atoms with E-state index in [-0.39, 0.29) is 0 Å². The van der Waals surface area contributed by atoms with E-state index in [0.29, 0.717) is 6.54 Å². The second-order valence-electron chi connectivity index (χ2n) is 2.69. The molecule has 70 valence electrons. The van der Waals surface area contributed by atoms with Gasteiger partial charge in [0, 0.05) is 12.3 Å². The van der Waals surface area contributed by atoms with Gasteiger partial charge in [-0.2, -0.15) is 5.10 Å². The van der Waals surface area contributed by atoms with Crippen LogP contribution in [0.25, 0.3) is 0 Å². The van der Waals surface area contributed by atoms with Gasteiger partial charge in [-0.25, -0.2) is 4.79 Å². The first kappa shape index (κ1) is 10.2. The van der Waals surface area contributed by atoms with Crippen molar-refractivity contribution in [2.75, 3.05) is 0 Å². The van der Waals surface area contributed by atoms with Gasteiger partial charge in [-0.15, -0.1) is 0 Å². The van der Waals surface area contributed by atoms with Gasteiger partial charge >= 0.3 is 5.97 Å². The summed E-state index contributed by atoms with van der Waals surface area (Å²) in [7, 11) is 0. The average Bonchev–Trinajstić information content (AvgIpc) is 2.33. The van der Waals surface area contributed by atoms with Crippen LogP contribution in [0.15, 0.2) is 24.0 Å². The first-order chi connectivity index (χ1) is 6.08. The van der Waals surface area contributed by atoms with Crippen LogP contribution >= 0.6 is 22.6 Å². The van der Waals surface area contributed by atoms with Crippen LogP contribution in [-0.4, -0.2) is 20.9 Å². The fourth-order valence-electron chi connectivity index (χ4n) is 0.937. The maximum Gasteiger partial charge on any atom is 0.328 e. The molecule has 0 spiro atoms. The Kier molecular flexibility index (Phi) is 3.47. The molecule has 0 aliphatic rings. The fourth-order valence-corrected chi connectivity index (χ4v) is 1.38. The lowest BCUT2D eigenvalue weighted by atomic mass is 10.3. The van der Waals surface area contributed by atoms with Crippen LogP contribution in [0.4, 0.5) is 0 Å². The van der Waals surface area contributed by atoms with Crippen LogP contribution in [0.2, 0.25) is 0 Å². The molecule has 0 fully saturated rings. The maximum atomic E-state index is 10.3. The van der Waals surface area contributed by atoms with Crippen molar-refractivity contribution in [2.24, 2.45) is 0 Å². The second kappa shape index (κ2) is 4.40. The molecule has 1 N–H and O–H groups in total. The number of rotatable bonds is 3. The standard InChI is InChI=1S/C8H9IN2O2/c1-6(2-8(12)13)4-11-5-7(9)3-10-11/h2-3,5H,4H2,1H3,(H,12,13). The molecule has 0 atom stereocenters. The molecule has 0 aliphatic carbocycles.